The van der Waals surface area contributed by atoms with Crippen LogP contribution in [0.4, 0.5) is 0 Å². The molecule has 3 aliphatic carbocycles. The van der Waals surface area contributed by atoms with Crippen LogP contribution in [0, 0.1) is 11.8 Å². The first-order valence-electron chi connectivity index (χ1n) is 16.3. The number of rotatable bonds is 10. The molecule has 9 heteroatoms. The normalized spacial score (nSPS) is 31.5. The number of fused-ring (bicyclic) bond motifs is 2. The summed E-state index contributed by atoms with van der Waals surface area (Å²) in [5.74, 6) is -0.936. The first-order chi connectivity index (χ1) is 22.0. The predicted octanol–water partition coefficient (Wildman–Crippen LogP) is 6.26. The van der Waals surface area contributed by atoms with Gasteiger partial charge in [-0.1, -0.05) is 29.9 Å². The second kappa shape index (κ2) is 11.1. The van der Waals surface area contributed by atoms with Gasteiger partial charge in [0.1, 0.15) is 34.2 Å². The molecule has 1 aromatic carbocycles. The molecule has 7 rings (SSSR count). The zero-order valence-corrected chi connectivity index (χ0v) is 28.2. The number of hydrogen-bond donors (Lipinski definition) is 2. The Balaban J connectivity index is 1.56. The fraction of sp³-hybridized carbons (Fsp3) is 0.500. The highest BCUT2D eigenvalue weighted by Crippen LogP contribution is 2.68. The number of aromatic hydroxyl groups is 1. The fourth-order valence-electron chi connectivity index (χ4n) is 8.22. The number of aliphatic hydroxyl groups is 1. The second-order valence-corrected chi connectivity index (χ2v) is 14.7. The lowest BCUT2D eigenvalue weighted by atomic mass is 9.51. The number of carbonyl (C=O) groups is 3. The predicted molar refractivity (Wildman–Crippen MR) is 175 cm³/mol. The number of hydrogen-bond acceptors (Lipinski definition) is 9. The lowest BCUT2D eigenvalue weighted by Gasteiger charge is -2.56. The molecule has 0 aromatic heterocycles. The van der Waals surface area contributed by atoms with Gasteiger partial charge in [0.25, 0.3) is 6.47 Å². The monoisotopic (exact) mass is 644 g/mol. The van der Waals surface area contributed by atoms with Gasteiger partial charge in [0.15, 0.2) is 22.8 Å². The van der Waals surface area contributed by atoms with Crippen molar-refractivity contribution in [2.24, 2.45) is 11.8 Å². The number of ether oxygens (including phenoxy) is 4. The Labute approximate surface area is 275 Å². The van der Waals surface area contributed by atoms with Gasteiger partial charge in [0, 0.05) is 29.4 Å². The van der Waals surface area contributed by atoms with E-state index in [9.17, 15) is 24.6 Å². The smallest absolute Gasteiger partial charge is 0.298 e. The van der Waals surface area contributed by atoms with E-state index in [4.69, 9.17) is 18.9 Å². The molecule has 3 heterocycles. The van der Waals surface area contributed by atoms with Crippen LogP contribution in [0.25, 0.3) is 6.08 Å². The minimum atomic E-state index is -1.58. The standard InChI is InChI=1S/C38H44O9/c1-20(2)9-10-25-32-24(12-14-36(8,45-32)15-13-27(40)21(3)4)30(41)29-31(42)26-17-23-18-28-35(6,7)47-37(34(23)43,16-11-22(5)44-19-39)38(26,28)46-33(25)29/h9,11-12,14,17,19,23,27-28,40-41H,3,10,13,15-16,18H2,1-2,4-8H3/b22-11-/t23?,27?,28?,36-,37?,38+/m0/s1. The van der Waals surface area contributed by atoms with E-state index >= 15 is 0 Å². The van der Waals surface area contributed by atoms with E-state index in [2.05, 4.69) is 6.58 Å². The van der Waals surface area contributed by atoms with Crippen LogP contribution in [-0.4, -0.2) is 56.8 Å². The van der Waals surface area contributed by atoms with Crippen LogP contribution in [0.2, 0.25) is 0 Å². The van der Waals surface area contributed by atoms with Crippen molar-refractivity contribution >= 4 is 24.1 Å². The van der Waals surface area contributed by atoms with Crippen LogP contribution in [0.15, 0.2) is 53.4 Å². The number of phenols is 1. The highest BCUT2D eigenvalue weighted by atomic mass is 16.6. The molecule has 2 N–H and O–H groups in total. The summed E-state index contributed by atoms with van der Waals surface area (Å²) in [6.45, 7) is 17.2. The number of carbonyl (C=O) groups excluding carboxylic acids is 3. The van der Waals surface area contributed by atoms with E-state index in [0.29, 0.717) is 65.9 Å². The van der Waals surface area contributed by atoms with Crippen molar-refractivity contribution in [2.45, 2.75) is 109 Å². The van der Waals surface area contributed by atoms with Crippen molar-refractivity contribution in [1.82, 2.24) is 0 Å². The number of ketones is 2. The number of aliphatic hydroxyl groups excluding tert-OH is 1. The quantitative estimate of drug-likeness (QED) is 0.172. The molecular weight excluding hydrogens is 600 g/mol. The molecule has 1 saturated carbocycles. The largest absolute Gasteiger partial charge is 0.506 e. The molecule has 1 spiro atoms. The molecule has 4 unspecified atom stereocenters. The summed E-state index contributed by atoms with van der Waals surface area (Å²) in [4.78, 5) is 40.1. The van der Waals surface area contributed by atoms with E-state index in [1.807, 2.05) is 46.8 Å². The SMILES string of the molecule is C=C(C)C(O)CC[C@]1(C)C=Cc2c(O)c3c(c(CC=C(C)C)c2O1)O[C@]12C(=CC4CC1C(C)(C)OC2(C/C=C(/C)OC=O)C4=O)C3=O. The summed E-state index contributed by atoms with van der Waals surface area (Å²) in [5.41, 5.74) is -1.77. The molecule has 0 amide bonds. The van der Waals surface area contributed by atoms with Gasteiger partial charge in [-0.2, -0.15) is 0 Å². The molecule has 1 saturated heterocycles. The molecular formula is C38H44O9. The van der Waals surface area contributed by atoms with E-state index < -0.39 is 40.2 Å². The van der Waals surface area contributed by atoms with Gasteiger partial charge in [-0.25, -0.2) is 0 Å². The van der Waals surface area contributed by atoms with Crippen molar-refractivity contribution in [3.05, 3.63) is 70.1 Å². The molecule has 6 atom stereocenters. The zero-order chi connectivity index (χ0) is 34.3. The third-order valence-electron chi connectivity index (χ3n) is 10.7. The van der Waals surface area contributed by atoms with Crippen molar-refractivity contribution in [3.63, 3.8) is 0 Å². The van der Waals surface area contributed by atoms with E-state index in [0.717, 1.165) is 5.57 Å². The van der Waals surface area contributed by atoms with Gasteiger partial charge >= 0.3 is 0 Å². The van der Waals surface area contributed by atoms with Gasteiger partial charge < -0.3 is 29.2 Å². The maximum atomic E-state index is 14.7. The Morgan fingerprint density at radius 3 is 2.51 bits per heavy atom. The Bertz CT molecular complexity index is 1720. The van der Waals surface area contributed by atoms with E-state index in [1.54, 1.807) is 32.1 Å². The van der Waals surface area contributed by atoms with E-state index in [1.165, 1.54) is 0 Å². The summed E-state index contributed by atoms with van der Waals surface area (Å²) >= 11 is 0. The van der Waals surface area contributed by atoms with E-state index in [-0.39, 0.29) is 35.2 Å². The summed E-state index contributed by atoms with van der Waals surface area (Å²) in [5, 5.41) is 22.3. The van der Waals surface area contributed by atoms with Gasteiger partial charge in [-0.05, 0) is 92.4 Å². The zero-order valence-electron chi connectivity index (χ0n) is 28.2. The van der Waals surface area contributed by atoms with Crippen molar-refractivity contribution < 1.29 is 43.5 Å². The third-order valence-corrected chi connectivity index (χ3v) is 10.7. The first kappa shape index (κ1) is 33.0. The maximum absolute atomic E-state index is 14.7. The lowest BCUT2D eigenvalue weighted by Crippen LogP contribution is -2.72. The average Bonchev–Trinajstić information content (AvgIpc) is 3.15. The van der Waals surface area contributed by atoms with Gasteiger partial charge in [0.2, 0.25) is 0 Å². The minimum absolute atomic E-state index is 0.0183. The van der Waals surface area contributed by atoms with Crippen LogP contribution in [0.5, 0.6) is 17.2 Å². The van der Waals surface area contributed by atoms with Crippen molar-refractivity contribution in [3.8, 4) is 17.2 Å². The van der Waals surface area contributed by atoms with Crippen LogP contribution in [0.3, 0.4) is 0 Å². The molecule has 250 valence electrons. The second-order valence-electron chi connectivity index (χ2n) is 14.7. The molecule has 0 radical (unpaired) electrons. The van der Waals surface area contributed by atoms with Crippen LogP contribution in [-0.2, 0) is 25.5 Å². The Morgan fingerprint density at radius 1 is 1.13 bits per heavy atom. The molecule has 1 aromatic rings. The Morgan fingerprint density at radius 2 is 1.85 bits per heavy atom. The lowest BCUT2D eigenvalue weighted by molar-refractivity contribution is -0.171. The van der Waals surface area contributed by atoms with Crippen LogP contribution < -0.4 is 9.47 Å². The summed E-state index contributed by atoms with van der Waals surface area (Å²) in [6.07, 6.45) is 9.93. The van der Waals surface area contributed by atoms with Crippen molar-refractivity contribution in [2.75, 3.05) is 0 Å². The van der Waals surface area contributed by atoms with Gasteiger partial charge in [-0.15, -0.1) is 0 Å². The Kier molecular flexibility index (Phi) is 7.76. The maximum Gasteiger partial charge on any atom is 0.298 e. The number of phenolic OH excluding ortho intramolecular Hbond substituents is 1. The van der Waals surface area contributed by atoms with Crippen molar-refractivity contribution in [1.29, 1.82) is 0 Å². The topological polar surface area (TPSA) is 129 Å². The highest BCUT2D eigenvalue weighted by molar-refractivity contribution is 6.19. The fourth-order valence-corrected chi connectivity index (χ4v) is 8.22. The summed E-state index contributed by atoms with van der Waals surface area (Å²) in [6, 6.07) is 0. The highest BCUT2D eigenvalue weighted by Gasteiger charge is 2.81. The van der Waals surface area contributed by atoms with Crippen LogP contribution >= 0.6 is 0 Å². The molecule has 3 aliphatic heterocycles. The summed E-state index contributed by atoms with van der Waals surface area (Å²) in [7, 11) is 0. The molecule has 4 bridgehead atoms. The average molecular weight is 645 g/mol. The molecule has 47 heavy (non-hydrogen) atoms. The number of benzene rings is 1. The molecule has 6 aliphatic rings. The summed E-state index contributed by atoms with van der Waals surface area (Å²) < 4.78 is 25.6. The number of allylic oxidation sites excluding steroid dienone is 4. The molecule has 9 nitrogen and oxygen atoms in total. The number of Topliss-reactive ketones (excluding diaryl/α,β-unsaturated/α-hetero) is 2. The minimum Gasteiger partial charge on any atom is -0.506 e. The molecule has 2 fully saturated rings. The third kappa shape index (κ3) is 4.76. The van der Waals surface area contributed by atoms with Crippen LogP contribution in [0.1, 0.15) is 95.6 Å². The van der Waals surface area contributed by atoms with Gasteiger partial charge in [0.05, 0.1) is 17.3 Å². The van der Waals surface area contributed by atoms with Gasteiger partial charge in [-0.3, -0.25) is 14.4 Å². The first-order valence-corrected chi connectivity index (χ1v) is 16.3. The Hall–Kier alpha value is -3.95.